The zero-order valence-electron chi connectivity index (χ0n) is 14.7. The molecule has 2 heteroatoms. The first-order chi connectivity index (χ1) is 11.1. The molecule has 0 aliphatic carbocycles. The van der Waals surface area contributed by atoms with E-state index in [-0.39, 0.29) is 5.78 Å². The molecule has 1 N–H and O–H groups in total. The Morgan fingerprint density at radius 3 is 2.57 bits per heavy atom. The van der Waals surface area contributed by atoms with Gasteiger partial charge < -0.3 is 4.98 Å². The standard InChI is InChI=1S/C21H29NO/c1-4-5-6-7-8-9-12-18(23)15-16(2)21-17(3)22-20-14-11-10-13-19(20)21/h10-11,13-15,22H,4-9,12H2,1-3H3/b16-15+. The van der Waals surface area contributed by atoms with Crippen LogP contribution in [0.2, 0.25) is 0 Å². The molecule has 2 nitrogen and oxygen atoms in total. The number of aryl methyl sites for hydroxylation is 1. The van der Waals surface area contributed by atoms with Gasteiger partial charge in [-0.25, -0.2) is 0 Å². The molecule has 124 valence electrons. The molecule has 0 spiro atoms. The van der Waals surface area contributed by atoms with Gasteiger partial charge in [0.1, 0.15) is 0 Å². The minimum Gasteiger partial charge on any atom is -0.358 e. The fraction of sp³-hybridized carbons (Fsp3) is 0.476. The van der Waals surface area contributed by atoms with Crippen molar-refractivity contribution >= 4 is 22.3 Å². The number of nitrogens with one attached hydrogen (secondary N) is 1. The lowest BCUT2D eigenvalue weighted by Gasteiger charge is -2.03. The van der Waals surface area contributed by atoms with Gasteiger partial charge in [0.15, 0.2) is 5.78 Å². The summed E-state index contributed by atoms with van der Waals surface area (Å²) in [6.45, 7) is 6.34. The van der Waals surface area contributed by atoms with E-state index in [0.717, 1.165) is 23.2 Å². The molecule has 2 rings (SSSR count). The summed E-state index contributed by atoms with van der Waals surface area (Å²) in [6, 6.07) is 8.27. The first kappa shape index (κ1) is 17.5. The fourth-order valence-electron chi connectivity index (χ4n) is 3.25. The van der Waals surface area contributed by atoms with Gasteiger partial charge >= 0.3 is 0 Å². The maximum absolute atomic E-state index is 12.2. The Hall–Kier alpha value is -1.83. The van der Waals surface area contributed by atoms with E-state index in [4.69, 9.17) is 0 Å². The number of para-hydroxylation sites is 1. The number of hydrogen-bond acceptors (Lipinski definition) is 1. The van der Waals surface area contributed by atoms with Gasteiger partial charge in [0, 0.05) is 28.6 Å². The van der Waals surface area contributed by atoms with Crippen molar-refractivity contribution in [2.24, 2.45) is 0 Å². The largest absolute Gasteiger partial charge is 0.358 e. The Kier molecular flexibility index (Phi) is 6.64. The summed E-state index contributed by atoms with van der Waals surface area (Å²) in [4.78, 5) is 15.6. The van der Waals surface area contributed by atoms with Crippen LogP contribution in [0.3, 0.4) is 0 Å². The molecule has 0 saturated heterocycles. The Bertz CT molecular complexity index is 678. The van der Waals surface area contributed by atoms with E-state index in [9.17, 15) is 4.79 Å². The summed E-state index contributed by atoms with van der Waals surface area (Å²) in [5.41, 5.74) is 4.51. The topological polar surface area (TPSA) is 32.9 Å². The summed E-state index contributed by atoms with van der Waals surface area (Å²) >= 11 is 0. The molecule has 23 heavy (non-hydrogen) atoms. The van der Waals surface area contributed by atoms with Crippen LogP contribution in [-0.2, 0) is 4.79 Å². The van der Waals surface area contributed by atoms with Crippen LogP contribution in [0.15, 0.2) is 30.3 Å². The number of rotatable bonds is 9. The van der Waals surface area contributed by atoms with Crippen LogP contribution in [0, 0.1) is 6.92 Å². The fourth-order valence-corrected chi connectivity index (χ4v) is 3.25. The molecule has 0 fully saturated rings. The van der Waals surface area contributed by atoms with Crippen molar-refractivity contribution in [2.75, 3.05) is 0 Å². The molecule has 1 heterocycles. The van der Waals surface area contributed by atoms with Crippen molar-refractivity contribution in [3.8, 4) is 0 Å². The molecular weight excluding hydrogens is 282 g/mol. The van der Waals surface area contributed by atoms with Gasteiger partial charge in [-0.1, -0.05) is 57.2 Å². The lowest BCUT2D eigenvalue weighted by molar-refractivity contribution is -0.114. The average Bonchev–Trinajstić information content (AvgIpc) is 2.86. The average molecular weight is 311 g/mol. The second-order valence-corrected chi connectivity index (χ2v) is 6.48. The summed E-state index contributed by atoms with van der Waals surface area (Å²) in [7, 11) is 0. The number of hydrogen-bond donors (Lipinski definition) is 1. The van der Waals surface area contributed by atoms with E-state index in [0.29, 0.717) is 6.42 Å². The molecule has 0 bridgehead atoms. The third-order valence-corrected chi connectivity index (χ3v) is 4.44. The number of allylic oxidation sites excluding steroid dienone is 2. The second-order valence-electron chi connectivity index (χ2n) is 6.48. The molecular formula is C21H29NO. The maximum Gasteiger partial charge on any atom is 0.155 e. The van der Waals surface area contributed by atoms with E-state index in [2.05, 4.69) is 31.0 Å². The summed E-state index contributed by atoms with van der Waals surface area (Å²) in [6.07, 6.45) is 9.82. The van der Waals surface area contributed by atoms with Crippen molar-refractivity contribution in [3.63, 3.8) is 0 Å². The Balaban J connectivity index is 1.96. The van der Waals surface area contributed by atoms with E-state index < -0.39 is 0 Å². The van der Waals surface area contributed by atoms with Crippen LogP contribution in [-0.4, -0.2) is 10.8 Å². The van der Waals surface area contributed by atoms with Crippen molar-refractivity contribution < 1.29 is 4.79 Å². The highest BCUT2D eigenvalue weighted by atomic mass is 16.1. The quantitative estimate of drug-likeness (QED) is 0.434. The monoisotopic (exact) mass is 311 g/mol. The number of fused-ring (bicyclic) bond motifs is 1. The van der Waals surface area contributed by atoms with Gasteiger partial charge in [-0.2, -0.15) is 0 Å². The van der Waals surface area contributed by atoms with Crippen LogP contribution in [0.1, 0.15) is 70.1 Å². The lowest BCUT2D eigenvalue weighted by Crippen LogP contribution is -1.95. The van der Waals surface area contributed by atoms with Crippen LogP contribution in [0.5, 0.6) is 0 Å². The van der Waals surface area contributed by atoms with Crippen molar-refractivity contribution in [1.29, 1.82) is 0 Å². The zero-order valence-corrected chi connectivity index (χ0v) is 14.7. The van der Waals surface area contributed by atoms with E-state index in [1.54, 1.807) is 0 Å². The zero-order chi connectivity index (χ0) is 16.7. The number of unbranched alkanes of at least 4 members (excludes halogenated alkanes) is 5. The normalized spacial score (nSPS) is 12.0. The Morgan fingerprint density at radius 1 is 1.09 bits per heavy atom. The summed E-state index contributed by atoms with van der Waals surface area (Å²) in [5.74, 6) is 0.252. The molecule has 0 saturated carbocycles. The summed E-state index contributed by atoms with van der Waals surface area (Å²) < 4.78 is 0. The molecule has 2 aromatic rings. The predicted octanol–water partition coefficient (Wildman–Crippen LogP) is 6.20. The minimum absolute atomic E-state index is 0.252. The van der Waals surface area contributed by atoms with Gasteiger partial charge in [-0.05, 0) is 38.0 Å². The number of benzene rings is 1. The number of H-pyrrole nitrogens is 1. The second kappa shape index (κ2) is 8.71. The number of carbonyl (C=O) groups excluding carboxylic acids is 1. The van der Waals surface area contributed by atoms with Crippen molar-refractivity contribution in [3.05, 3.63) is 41.6 Å². The Labute approximate surface area is 140 Å². The molecule has 0 radical (unpaired) electrons. The van der Waals surface area contributed by atoms with Crippen LogP contribution in [0.25, 0.3) is 16.5 Å². The van der Waals surface area contributed by atoms with Crippen molar-refractivity contribution in [2.45, 2.75) is 65.7 Å². The Morgan fingerprint density at radius 2 is 1.78 bits per heavy atom. The lowest BCUT2D eigenvalue weighted by atomic mass is 10.0. The molecule has 0 amide bonds. The molecule has 1 aromatic carbocycles. The minimum atomic E-state index is 0.252. The first-order valence-electron chi connectivity index (χ1n) is 8.92. The molecule has 0 unspecified atom stereocenters. The summed E-state index contributed by atoms with van der Waals surface area (Å²) in [5, 5.41) is 1.20. The number of aromatic nitrogens is 1. The van der Waals surface area contributed by atoms with E-state index in [1.807, 2.05) is 25.1 Å². The first-order valence-corrected chi connectivity index (χ1v) is 8.92. The van der Waals surface area contributed by atoms with Gasteiger partial charge in [0.25, 0.3) is 0 Å². The molecule has 0 aliphatic rings. The third kappa shape index (κ3) is 4.82. The SMILES string of the molecule is CCCCCCCCC(=O)/C=C(\C)c1c(C)[nH]c2ccccc12. The molecule has 0 aliphatic heterocycles. The highest BCUT2D eigenvalue weighted by Crippen LogP contribution is 2.28. The number of carbonyl (C=O) groups is 1. The number of aromatic amines is 1. The van der Waals surface area contributed by atoms with Crippen molar-refractivity contribution in [1.82, 2.24) is 4.98 Å². The molecule has 1 aromatic heterocycles. The van der Waals surface area contributed by atoms with Gasteiger partial charge in [0.2, 0.25) is 0 Å². The van der Waals surface area contributed by atoms with Crippen LogP contribution in [0.4, 0.5) is 0 Å². The van der Waals surface area contributed by atoms with E-state index >= 15 is 0 Å². The van der Waals surface area contributed by atoms with Crippen LogP contribution >= 0.6 is 0 Å². The highest BCUT2D eigenvalue weighted by molar-refractivity contribution is 6.01. The van der Waals surface area contributed by atoms with Gasteiger partial charge in [-0.3, -0.25) is 4.79 Å². The van der Waals surface area contributed by atoms with E-state index in [1.165, 1.54) is 43.1 Å². The maximum atomic E-state index is 12.2. The van der Waals surface area contributed by atoms with Gasteiger partial charge in [0.05, 0.1) is 0 Å². The van der Waals surface area contributed by atoms with Crippen LogP contribution < -0.4 is 0 Å². The molecule has 0 atom stereocenters. The smallest absolute Gasteiger partial charge is 0.155 e. The predicted molar refractivity (Wildman–Crippen MR) is 99.7 cm³/mol. The third-order valence-electron chi connectivity index (χ3n) is 4.44. The van der Waals surface area contributed by atoms with Gasteiger partial charge in [-0.15, -0.1) is 0 Å². The number of ketones is 1. The highest BCUT2D eigenvalue weighted by Gasteiger charge is 2.10.